The molecule has 0 fully saturated rings. The van der Waals surface area contributed by atoms with E-state index in [-0.39, 0.29) is 11.3 Å². The topological polar surface area (TPSA) is 81.2 Å². The minimum Gasteiger partial charge on any atom is -0.496 e. The van der Waals surface area contributed by atoms with Crippen LogP contribution in [0.5, 0.6) is 5.75 Å². The fourth-order valence-electron chi connectivity index (χ4n) is 3.23. The molecule has 2 aromatic carbocycles. The van der Waals surface area contributed by atoms with Crippen molar-refractivity contribution in [2.24, 2.45) is 0 Å². The molecule has 0 aliphatic heterocycles. The van der Waals surface area contributed by atoms with Crippen LogP contribution >= 0.6 is 11.6 Å². The zero-order chi connectivity index (χ0) is 21.7. The summed E-state index contributed by atoms with van der Waals surface area (Å²) >= 11 is 6.35. The second-order valence-electron chi connectivity index (χ2n) is 6.86. The van der Waals surface area contributed by atoms with E-state index in [1.807, 2.05) is 25.1 Å². The molecule has 0 aliphatic carbocycles. The van der Waals surface area contributed by atoms with Gasteiger partial charge in [-0.05, 0) is 24.6 Å². The van der Waals surface area contributed by atoms with Crippen molar-refractivity contribution in [3.8, 4) is 5.75 Å². The number of benzene rings is 2. The lowest BCUT2D eigenvalue weighted by Gasteiger charge is -2.12. The van der Waals surface area contributed by atoms with Crippen molar-refractivity contribution in [1.29, 1.82) is 0 Å². The fourth-order valence-corrected chi connectivity index (χ4v) is 4.67. The Morgan fingerprint density at radius 2 is 1.87 bits per heavy atom. The third-order valence-corrected chi connectivity index (χ3v) is 6.57. The van der Waals surface area contributed by atoms with Gasteiger partial charge in [-0.15, -0.1) is 0 Å². The van der Waals surface area contributed by atoms with Crippen molar-refractivity contribution in [3.05, 3.63) is 81.9 Å². The fraction of sp³-hybridized carbons (Fsp3) is 0.273. The highest BCUT2D eigenvalue weighted by Gasteiger charge is 2.19. The number of hydrogen-bond donors (Lipinski definition) is 1. The van der Waals surface area contributed by atoms with Gasteiger partial charge in [0.2, 0.25) is 10.0 Å². The van der Waals surface area contributed by atoms with Gasteiger partial charge >= 0.3 is 0 Å². The molecule has 8 heteroatoms. The maximum absolute atomic E-state index is 12.5. The summed E-state index contributed by atoms with van der Waals surface area (Å²) in [7, 11) is -1.97. The molecule has 6 nitrogen and oxygen atoms in total. The SMILES string of the molecule is CCNS(=O)(=O)c1ccccc1Cc1nc(Cc2cc(C)ccc2OC)ncc1Cl. The number of rotatable bonds is 8. The summed E-state index contributed by atoms with van der Waals surface area (Å²) in [4.78, 5) is 9.20. The number of ether oxygens (including phenoxy) is 1. The normalized spacial score (nSPS) is 11.5. The van der Waals surface area contributed by atoms with Gasteiger partial charge in [-0.1, -0.05) is 54.4 Å². The Balaban J connectivity index is 1.94. The van der Waals surface area contributed by atoms with Gasteiger partial charge in [0.15, 0.2) is 0 Å². The van der Waals surface area contributed by atoms with Crippen molar-refractivity contribution >= 4 is 21.6 Å². The van der Waals surface area contributed by atoms with Crippen molar-refractivity contribution in [2.75, 3.05) is 13.7 Å². The van der Waals surface area contributed by atoms with E-state index in [0.29, 0.717) is 35.1 Å². The number of nitrogens with zero attached hydrogens (tertiary/aromatic N) is 2. The molecule has 0 atom stereocenters. The molecule has 30 heavy (non-hydrogen) atoms. The lowest BCUT2D eigenvalue weighted by molar-refractivity contribution is 0.410. The highest BCUT2D eigenvalue weighted by molar-refractivity contribution is 7.89. The first-order valence-corrected chi connectivity index (χ1v) is 11.4. The van der Waals surface area contributed by atoms with Gasteiger partial charge in [0.05, 0.1) is 22.7 Å². The molecule has 0 saturated carbocycles. The molecule has 1 N–H and O–H groups in total. The maximum Gasteiger partial charge on any atom is 0.240 e. The third-order valence-electron chi connectivity index (χ3n) is 4.61. The van der Waals surface area contributed by atoms with Crippen LogP contribution in [0.4, 0.5) is 0 Å². The monoisotopic (exact) mass is 445 g/mol. The first-order valence-electron chi connectivity index (χ1n) is 9.55. The predicted octanol–water partition coefficient (Wildman–Crippen LogP) is 3.93. The zero-order valence-electron chi connectivity index (χ0n) is 17.1. The van der Waals surface area contributed by atoms with Gasteiger partial charge < -0.3 is 4.74 Å². The van der Waals surface area contributed by atoms with Crippen molar-refractivity contribution in [2.45, 2.75) is 31.6 Å². The van der Waals surface area contributed by atoms with E-state index in [0.717, 1.165) is 16.9 Å². The van der Waals surface area contributed by atoms with Gasteiger partial charge in [-0.2, -0.15) is 0 Å². The van der Waals surface area contributed by atoms with Crippen LogP contribution in [0.2, 0.25) is 5.02 Å². The second kappa shape index (κ2) is 9.55. The number of aromatic nitrogens is 2. The number of hydrogen-bond acceptors (Lipinski definition) is 5. The van der Waals surface area contributed by atoms with E-state index in [4.69, 9.17) is 16.3 Å². The number of methoxy groups -OCH3 is 1. The largest absolute Gasteiger partial charge is 0.496 e. The van der Waals surface area contributed by atoms with Crippen LogP contribution in [0.15, 0.2) is 53.6 Å². The lowest BCUT2D eigenvalue weighted by Crippen LogP contribution is -2.24. The molecule has 1 aromatic heterocycles. The molecule has 0 unspecified atom stereocenters. The zero-order valence-corrected chi connectivity index (χ0v) is 18.7. The van der Waals surface area contributed by atoms with Crippen molar-refractivity contribution in [3.63, 3.8) is 0 Å². The summed E-state index contributed by atoms with van der Waals surface area (Å²) in [5, 5.41) is 0.394. The predicted molar refractivity (Wildman–Crippen MR) is 118 cm³/mol. The summed E-state index contributed by atoms with van der Waals surface area (Å²) < 4.78 is 33.1. The highest BCUT2D eigenvalue weighted by atomic mass is 35.5. The molecule has 158 valence electrons. The van der Waals surface area contributed by atoms with E-state index in [2.05, 4.69) is 14.7 Å². The Morgan fingerprint density at radius 1 is 1.10 bits per heavy atom. The van der Waals surface area contributed by atoms with Gasteiger partial charge in [-0.3, -0.25) is 0 Å². The van der Waals surface area contributed by atoms with Crippen LogP contribution in [-0.2, 0) is 22.9 Å². The minimum absolute atomic E-state index is 0.225. The Morgan fingerprint density at radius 3 is 2.60 bits per heavy atom. The second-order valence-corrected chi connectivity index (χ2v) is 9.00. The van der Waals surface area contributed by atoms with Crippen LogP contribution in [0.25, 0.3) is 0 Å². The van der Waals surface area contributed by atoms with Crippen LogP contribution in [0, 0.1) is 6.92 Å². The standard InChI is InChI=1S/C22H24ClN3O3S/c1-4-25-30(27,28)21-8-6-5-7-16(21)12-19-18(23)14-24-22(26-19)13-17-11-15(2)9-10-20(17)29-3/h5-11,14,25H,4,12-13H2,1-3H3. The number of aryl methyl sites for hydroxylation is 1. The minimum atomic E-state index is -3.60. The summed E-state index contributed by atoms with van der Waals surface area (Å²) in [5.41, 5.74) is 3.29. The first-order chi connectivity index (χ1) is 14.3. The summed E-state index contributed by atoms with van der Waals surface area (Å²) in [6.45, 7) is 4.07. The Bertz CT molecular complexity index is 1150. The lowest BCUT2D eigenvalue weighted by atomic mass is 10.1. The molecule has 0 aliphatic rings. The molecule has 0 radical (unpaired) electrons. The molecule has 3 rings (SSSR count). The average molecular weight is 446 g/mol. The van der Waals surface area contributed by atoms with Gasteiger partial charge in [0.1, 0.15) is 11.6 Å². The van der Waals surface area contributed by atoms with E-state index >= 15 is 0 Å². The number of nitrogens with one attached hydrogen (secondary N) is 1. The molecular weight excluding hydrogens is 422 g/mol. The molecule has 0 saturated heterocycles. The van der Waals surface area contributed by atoms with Crippen LogP contribution in [-0.4, -0.2) is 32.0 Å². The molecule has 3 aromatic rings. The Labute approximate surface area is 182 Å². The summed E-state index contributed by atoms with van der Waals surface area (Å²) in [6, 6.07) is 12.8. The Hall–Kier alpha value is -2.48. The van der Waals surface area contributed by atoms with Gasteiger partial charge in [0.25, 0.3) is 0 Å². The molecule has 0 amide bonds. The maximum atomic E-state index is 12.5. The quantitative estimate of drug-likeness (QED) is 0.568. The highest BCUT2D eigenvalue weighted by Crippen LogP contribution is 2.25. The number of sulfonamides is 1. The van der Waals surface area contributed by atoms with E-state index in [1.54, 1.807) is 44.5 Å². The summed E-state index contributed by atoms with van der Waals surface area (Å²) in [6.07, 6.45) is 2.31. The molecule has 0 bridgehead atoms. The van der Waals surface area contributed by atoms with Crippen LogP contribution < -0.4 is 9.46 Å². The third kappa shape index (κ3) is 5.16. The van der Waals surface area contributed by atoms with Gasteiger partial charge in [0, 0.05) is 31.1 Å². The number of halogens is 1. The van der Waals surface area contributed by atoms with Crippen LogP contribution in [0.3, 0.4) is 0 Å². The van der Waals surface area contributed by atoms with E-state index < -0.39 is 10.0 Å². The van der Waals surface area contributed by atoms with Gasteiger partial charge in [-0.25, -0.2) is 23.1 Å². The summed E-state index contributed by atoms with van der Waals surface area (Å²) in [5.74, 6) is 1.35. The van der Waals surface area contributed by atoms with Crippen molar-refractivity contribution in [1.82, 2.24) is 14.7 Å². The average Bonchev–Trinajstić information content (AvgIpc) is 2.71. The van der Waals surface area contributed by atoms with E-state index in [9.17, 15) is 8.42 Å². The van der Waals surface area contributed by atoms with Crippen molar-refractivity contribution < 1.29 is 13.2 Å². The van der Waals surface area contributed by atoms with Crippen LogP contribution in [0.1, 0.15) is 35.1 Å². The molecule has 0 spiro atoms. The molecular formula is C22H24ClN3O3S. The molecule has 1 heterocycles. The van der Waals surface area contributed by atoms with E-state index in [1.165, 1.54) is 0 Å². The smallest absolute Gasteiger partial charge is 0.240 e. The Kier molecular flexibility index (Phi) is 7.07. The first kappa shape index (κ1) is 22.2.